The molecule has 0 saturated carbocycles. The molecular formula is C93H61Br4N3OS. The van der Waals surface area contributed by atoms with Gasteiger partial charge in [0.1, 0.15) is 11.2 Å². The number of rotatable bonds is 5. The van der Waals surface area contributed by atoms with Gasteiger partial charge in [-0.15, -0.1) is 11.3 Å². The first kappa shape index (κ1) is 63.8. The average Bonchev–Trinajstić information content (AvgIpc) is 1.54. The van der Waals surface area contributed by atoms with Gasteiger partial charge < -0.3 is 18.5 Å². The summed E-state index contributed by atoms with van der Waals surface area (Å²) >= 11 is 16.1. The molecule has 1 aliphatic carbocycles. The number of furan rings is 1. The summed E-state index contributed by atoms with van der Waals surface area (Å²) in [5.41, 5.74) is 18.0. The number of para-hydroxylation sites is 6. The monoisotopic (exact) mass is 1580 g/mol. The highest BCUT2D eigenvalue weighted by atomic mass is 79.9. The normalized spacial score (nSPS) is 12.3. The van der Waals surface area contributed by atoms with Crippen molar-refractivity contribution in [2.45, 2.75) is 19.3 Å². The van der Waals surface area contributed by atoms with Crippen molar-refractivity contribution in [3.05, 3.63) is 363 Å². The Morgan fingerprint density at radius 1 is 0.294 bits per heavy atom. The number of hydrogen-bond donors (Lipinski definition) is 0. The quantitative estimate of drug-likeness (QED) is 0.161. The van der Waals surface area contributed by atoms with Crippen LogP contribution in [-0.4, -0.2) is 9.13 Å². The maximum atomic E-state index is 5.69. The fourth-order valence-corrected chi connectivity index (χ4v) is 18.1. The molecule has 4 nitrogen and oxygen atoms in total. The van der Waals surface area contributed by atoms with Crippen LogP contribution in [0.4, 0.5) is 17.1 Å². The highest BCUT2D eigenvalue weighted by Crippen LogP contribution is 2.53. The summed E-state index contributed by atoms with van der Waals surface area (Å²) in [6.07, 6.45) is 0. The molecule has 1 aliphatic rings. The molecule has 0 spiro atoms. The van der Waals surface area contributed by atoms with Crippen molar-refractivity contribution in [3.8, 4) is 22.5 Å². The van der Waals surface area contributed by atoms with Crippen LogP contribution in [0.5, 0.6) is 0 Å². The molecule has 102 heavy (non-hydrogen) atoms. The topological polar surface area (TPSA) is 26.2 Å². The lowest BCUT2D eigenvalue weighted by Crippen LogP contribution is -2.16. The predicted molar refractivity (Wildman–Crippen MR) is 450 cm³/mol. The molecule has 0 unspecified atom stereocenters. The summed E-state index contributed by atoms with van der Waals surface area (Å²) in [5, 5.41) is 17.9. The van der Waals surface area contributed by atoms with E-state index >= 15 is 0 Å². The molecule has 0 fully saturated rings. The van der Waals surface area contributed by atoms with Crippen LogP contribution in [-0.2, 0) is 5.41 Å². The third kappa shape index (κ3) is 10.9. The lowest BCUT2D eigenvalue weighted by atomic mass is 9.82. The minimum atomic E-state index is -0.0382. The molecule has 20 aromatic rings. The van der Waals surface area contributed by atoms with E-state index in [2.05, 4.69) is 395 Å². The van der Waals surface area contributed by atoms with E-state index in [-0.39, 0.29) is 5.41 Å². The maximum Gasteiger partial charge on any atom is 0.135 e. The SMILES string of the molecule is Brc1ccc(-n2c3ccccc3c3c4c(c5ccccc5c5c4c4ccccc4n5-c4ccccc4)c4ccccc4c32)cc1.Brc1ccc2oc3ccccc3c2c1.Brc1ccc2sc3ccccc3c2c1.CC1(C)c2cc(Br)ccc2-c2ccc(N(c3ccccc3)c3ccccc3)cc21. The number of halogens is 4. The molecule has 4 aromatic heterocycles. The van der Waals surface area contributed by atoms with E-state index in [1.54, 1.807) is 0 Å². The first-order valence-electron chi connectivity index (χ1n) is 34.1. The van der Waals surface area contributed by atoms with Crippen molar-refractivity contribution in [1.82, 2.24) is 9.13 Å². The van der Waals surface area contributed by atoms with Gasteiger partial charge in [-0.2, -0.15) is 0 Å². The number of thiophene rings is 1. The minimum Gasteiger partial charge on any atom is -0.456 e. The van der Waals surface area contributed by atoms with Crippen molar-refractivity contribution in [2.24, 2.45) is 0 Å². The van der Waals surface area contributed by atoms with Crippen LogP contribution >= 0.6 is 75.1 Å². The van der Waals surface area contributed by atoms with E-state index in [1.807, 2.05) is 41.7 Å². The van der Waals surface area contributed by atoms with E-state index in [0.29, 0.717) is 0 Å². The summed E-state index contributed by atoms with van der Waals surface area (Å²) in [5.74, 6) is 0. The second-order valence-electron chi connectivity index (χ2n) is 26.3. The number of nitrogens with zero attached hydrogens (tertiary/aromatic N) is 3. The molecule has 21 rings (SSSR count). The van der Waals surface area contributed by atoms with Gasteiger partial charge in [-0.05, 0) is 184 Å². The van der Waals surface area contributed by atoms with Crippen molar-refractivity contribution < 1.29 is 4.42 Å². The molecular weight excluding hydrogens is 1530 g/mol. The van der Waals surface area contributed by atoms with Gasteiger partial charge in [0.05, 0.1) is 22.1 Å². The standard InChI is InChI=1S/C42H25BrN2.C27H22BrN.C12H7BrO.C12H7BrS/c43-26-22-24-28(25-23-26)45-36-21-11-9-19-34(36)39-40-37(30-15-5-7-17-32(30)42(39)45)29-14-4-6-16-31(29)41-38(40)33-18-8-10-20-35(33)44(41)27-12-2-1-3-13-27;1-27(2)25-17-19(28)13-15-23(25)24-16-14-22(18-26(24)27)29(20-9-5-3-6-10-20)21-11-7-4-8-12-21;2*13-8-5-6-12-10(7-8)9-3-1-2-4-11(9)14-12/h1-25H;3-18H,1-2H3;2*1-7H. The molecule has 16 aromatic carbocycles. The number of fused-ring (bicyclic) bond motifs is 24. The lowest BCUT2D eigenvalue weighted by Gasteiger charge is -2.28. The van der Waals surface area contributed by atoms with Gasteiger partial charge in [0.25, 0.3) is 0 Å². The average molecular weight is 1590 g/mol. The molecule has 0 radical (unpaired) electrons. The van der Waals surface area contributed by atoms with E-state index < -0.39 is 0 Å². The number of benzene rings is 16. The van der Waals surface area contributed by atoms with Gasteiger partial charge in [-0.3, -0.25) is 0 Å². The summed E-state index contributed by atoms with van der Waals surface area (Å²) in [6, 6.07) is 119. The molecule has 0 aliphatic heterocycles. The maximum absolute atomic E-state index is 5.69. The van der Waals surface area contributed by atoms with Gasteiger partial charge in [0, 0.05) is 120 Å². The summed E-state index contributed by atoms with van der Waals surface area (Å²) in [4.78, 5) is 2.33. The van der Waals surface area contributed by atoms with Crippen molar-refractivity contribution in [1.29, 1.82) is 0 Å². The summed E-state index contributed by atoms with van der Waals surface area (Å²) in [6.45, 7) is 4.65. The largest absolute Gasteiger partial charge is 0.456 e. The smallest absolute Gasteiger partial charge is 0.135 e. The molecule has 488 valence electrons. The van der Waals surface area contributed by atoms with Gasteiger partial charge >= 0.3 is 0 Å². The third-order valence-corrected chi connectivity index (χ3v) is 23.2. The summed E-state index contributed by atoms with van der Waals surface area (Å²) in [7, 11) is 0. The fourth-order valence-electron chi connectivity index (χ4n) is 15.6. The predicted octanol–water partition coefficient (Wildman–Crippen LogP) is 29.5. The van der Waals surface area contributed by atoms with Gasteiger partial charge in [0.2, 0.25) is 0 Å². The number of aromatic nitrogens is 2. The van der Waals surface area contributed by atoms with Gasteiger partial charge in [0.15, 0.2) is 0 Å². The zero-order valence-electron chi connectivity index (χ0n) is 55.4. The molecule has 9 heteroatoms. The van der Waals surface area contributed by atoms with E-state index in [0.717, 1.165) is 51.5 Å². The van der Waals surface area contributed by atoms with E-state index in [4.69, 9.17) is 4.42 Å². The highest BCUT2D eigenvalue weighted by molar-refractivity contribution is 9.11. The van der Waals surface area contributed by atoms with Crippen LogP contribution in [0, 0.1) is 0 Å². The van der Waals surface area contributed by atoms with Crippen LogP contribution in [0.3, 0.4) is 0 Å². The Kier molecular flexibility index (Phi) is 16.4. The Balaban J connectivity index is 0.000000110. The second kappa shape index (κ2) is 26.2. The van der Waals surface area contributed by atoms with Crippen LogP contribution in [0.25, 0.3) is 141 Å². The Morgan fingerprint density at radius 3 is 1.32 bits per heavy atom. The van der Waals surface area contributed by atoms with Gasteiger partial charge in [-0.1, -0.05) is 266 Å². The fraction of sp³-hybridized carbons (Fsp3) is 0.0323. The zero-order chi connectivity index (χ0) is 68.7. The number of anilines is 3. The molecule has 0 atom stereocenters. The Labute approximate surface area is 627 Å². The zero-order valence-corrected chi connectivity index (χ0v) is 62.6. The van der Waals surface area contributed by atoms with E-state index in [1.165, 1.54) is 135 Å². The molecule has 0 N–H and O–H groups in total. The lowest BCUT2D eigenvalue weighted by molar-refractivity contribution is 0.660. The van der Waals surface area contributed by atoms with Crippen LogP contribution in [0.1, 0.15) is 25.0 Å². The van der Waals surface area contributed by atoms with Crippen molar-refractivity contribution in [3.63, 3.8) is 0 Å². The highest BCUT2D eigenvalue weighted by Gasteiger charge is 2.36. The van der Waals surface area contributed by atoms with Crippen molar-refractivity contribution in [2.75, 3.05) is 4.90 Å². The molecule has 0 bridgehead atoms. The van der Waals surface area contributed by atoms with Crippen LogP contribution in [0.2, 0.25) is 0 Å². The summed E-state index contributed by atoms with van der Waals surface area (Å²) < 4.78 is 17.8. The number of hydrogen-bond acceptors (Lipinski definition) is 3. The van der Waals surface area contributed by atoms with E-state index in [9.17, 15) is 0 Å². The Hall–Kier alpha value is -10.4. The second-order valence-corrected chi connectivity index (χ2v) is 31.1. The first-order chi connectivity index (χ1) is 50.0. The Morgan fingerprint density at radius 2 is 0.716 bits per heavy atom. The third-order valence-electron chi connectivity index (χ3n) is 20.1. The molecule has 0 saturated heterocycles. The van der Waals surface area contributed by atoms with Crippen molar-refractivity contribution >= 4 is 210 Å². The first-order valence-corrected chi connectivity index (χ1v) is 38.0. The molecule has 4 heterocycles. The van der Waals surface area contributed by atoms with Crippen LogP contribution < -0.4 is 4.90 Å². The van der Waals surface area contributed by atoms with Gasteiger partial charge in [-0.25, -0.2) is 0 Å². The van der Waals surface area contributed by atoms with Crippen LogP contribution in [0.15, 0.2) is 356 Å². The Bertz CT molecular complexity index is 6500. The minimum absolute atomic E-state index is 0.0382. The molecule has 0 amide bonds.